The van der Waals surface area contributed by atoms with E-state index in [4.69, 9.17) is 5.26 Å². The van der Waals surface area contributed by atoms with Gasteiger partial charge in [-0.1, -0.05) is 6.92 Å². The van der Waals surface area contributed by atoms with E-state index in [1.165, 1.54) is 0 Å². The predicted molar refractivity (Wildman–Crippen MR) is 75.1 cm³/mol. The Morgan fingerprint density at radius 2 is 2.25 bits per heavy atom. The van der Waals surface area contributed by atoms with Crippen LogP contribution in [0.1, 0.15) is 35.9 Å². The van der Waals surface area contributed by atoms with Crippen LogP contribution in [0.5, 0.6) is 0 Å². The number of aromatic nitrogens is 2. The molecule has 1 aromatic heterocycles. The van der Waals surface area contributed by atoms with Crippen molar-refractivity contribution in [3.63, 3.8) is 0 Å². The molecule has 0 saturated carbocycles. The molecule has 1 N–H and O–H groups in total. The highest BCUT2D eigenvalue weighted by molar-refractivity contribution is 5.92. The van der Waals surface area contributed by atoms with Crippen molar-refractivity contribution in [2.45, 2.75) is 32.2 Å². The largest absolute Gasteiger partial charge is 0.348 e. The van der Waals surface area contributed by atoms with E-state index >= 15 is 0 Å². The lowest BCUT2D eigenvalue weighted by molar-refractivity contribution is 0.0905. The number of hydrogen-bond acceptors (Lipinski definition) is 4. The normalized spacial score (nSPS) is 16.9. The fraction of sp³-hybridized carbons (Fsp3) is 0.643. The summed E-state index contributed by atoms with van der Waals surface area (Å²) in [5, 5.41) is 16.0. The smallest absolute Gasteiger partial charge is 0.269 e. The molecule has 1 amide bonds. The van der Waals surface area contributed by atoms with Crippen LogP contribution in [0.3, 0.4) is 0 Å². The summed E-state index contributed by atoms with van der Waals surface area (Å²) in [6.07, 6.45) is 2.62. The molecule has 0 aromatic carbocycles. The van der Waals surface area contributed by atoms with Gasteiger partial charge in [-0.15, -0.1) is 0 Å². The molecule has 0 unspecified atom stereocenters. The summed E-state index contributed by atoms with van der Waals surface area (Å²) in [5.74, 6) is -0.0570. The van der Waals surface area contributed by atoms with Crippen LogP contribution in [0.15, 0.2) is 6.07 Å². The van der Waals surface area contributed by atoms with Crippen molar-refractivity contribution >= 4 is 5.91 Å². The average Bonchev–Trinajstić information content (AvgIpc) is 2.83. The summed E-state index contributed by atoms with van der Waals surface area (Å²) < 4.78 is 1.64. The van der Waals surface area contributed by atoms with Crippen molar-refractivity contribution in [1.29, 1.82) is 5.26 Å². The molecule has 0 atom stereocenters. The summed E-state index contributed by atoms with van der Waals surface area (Å²) in [4.78, 5) is 14.3. The van der Waals surface area contributed by atoms with Crippen molar-refractivity contribution in [1.82, 2.24) is 20.0 Å². The van der Waals surface area contributed by atoms with Crippen LogP contribution in [0.2, 0.25) is 0 Å². The van der Waals surface area contributed by atoms with E-state index in [1.807, 2.05) is 13.0 Å². The van der Waals surface area contributed by atoms with Gasteiger partial charge in [0.05, 0.1) is 18.3 Å². The number of aryl methyl sites for hydroxylation is 2. The highest BCUT2D eigenvalue weighted by Crippen LogP contribution is 2.11. The fourth-order valence-corrected chi connectivity index (χ4v) is 2.51. The van der Waals surface area contributed by atoms with Crippen molar-refractivity contribution < 1.29 is 4.79 Å². The zero-order valence-corrected chi connectivity index (χ0v) is 12.1. The minimum atomic E-state index is -0.0570. The van der Waals surface area contributed by atoms with E-state index < -0.39 is 0 Å². The van der Waals surface area contributed by atoms with E-state index in [0.29, 0.717) is 12.2 Å². The van der Waals surface area contributed by atoms with E-state index in [-0.39, 0.29) is 11.9 Å². The lowest BCUT2D eigenvalue weighted by atomic mass is 10.0. The molecule has 20 heavy (non-hydrogen) atoms. The number of hydrogen-bond donors (Lipinski definition) is 1. The van der Waals surface area contributed by atoms with Crippen LogP contribution in [0.25, 0.3) is 0 Å². The van der Waals surface area contributed by atoms with Crippen molar-refractivity contribution in [3.05, 3.63) is 17.5 Å². The molecule has 0 spiro atoms. The fourth-order valence-electron chi connectivity index (χ4n) is 2.51. The Labute approximate surface area is 119 Å². The second-order valence-corrected chi connectivity index (χ2v) is 5.18. The van der Waals surface area contributed by atoms with Gasteiger partial charge in [0.1, 0.15) is 5.69 Å². The number of piperidine rings is 1. The first-order chi connectivity index (χ1) is 9.63. The van der Waals surface area contributed by atoms with Crippen molar-refractivity contribution in [2.75, 3.05) is 19.6 Å². The zero-order chi connectivity index (χ0) is 14.5. The molecule has 2 rings (SSSR count). The standard InChI is InChI=1S/C14H21N5O/c1-3-11-10-13(18(2)17-11)14(20)16-12-4-7-19(8-5-12)9-6-15/h10,12H,3-5,7-9H2,1-2H3,(H,16,20). The van der Waals surface area contributed by atoms with Gasteiger partial charge in [-0.2, -0.15) is 10.4 Å². The molecule has 1 fully saturated rings. The molecular formula is C14H21N5O. The van der Waals surface area contributed by atoms with Crippen LogP contribution in [0, 0.1) is 11.3 Å². The van der Waals surface area contributed by atoms with Gasteiger partial charge in [0.2, 0.25) is 0 Å². The second kappa shape index (κ2) is 6.53. The van der Waals surface area contributed by atoms with Gasteiger partial charge in [-0.05, 0) is 25.3 Å². The minimum Gasteiger partial charge on any atom is -0.348 e. The quantitative estimate of drug-likeness (QED) is 0.821. The first kappa shape index (κ1) is 14.5. The number of nitrogens with zero attached hydrogens (tertiary/aromatic N) is 4. The lowest BCUT2D eigenvalue weighted by Gasteiger charge is -2.30. The molecule has 6 heteroatoms. The number of likely N-dealkylation sites (tertiary alicyclic amines) is 1. The number of carbonyl (C=O) groups is 1. The van der Waals surface area contributed by atoms with E-state index in [9.17, 15) is 4.79 Å². The number of nitrogens with one attached hydrogen (secondary N) is 1. The lowest BCUT2D eigenvalue weighted by Crippen LogP contribution is -2.45. The van der Waals surface area contributed by atoms with Gasteiger partial charge in [-0.3, -0.25) is 14.4 Å². The molecule has 1 saturated heterocycles. The van der Waals surface area contributed by atoms with Gasteiger partial charge >= 0.3 is 0 Å². The molecular weight excluding hydrogens is 254 g/mol. The SMILES string of the molecule is CCc1cc(C(=O)NC2CCN(CC#N)CC2)n(C)n1. The maximum atomic E-state index is 12.2. The monoisotopic (exact) mass is 275 g/mol. The molecule has 0 radical (unpaired) electrons. The number of nitriles is 1. The highest BCUT2D eigenvalue weighted by atomic mass is 16.2. The van der Waals surface area contributed by atoms with Crippen LogP contribution >= 0.6 is 0 Å². The van der Waals surface area contributed by atoms with E-state index in [0.717, 1.165) is 38.0 Å². The summed E-state index contributed by atoms with van der Waals surface area (Å²) in [6.45, 7) is 4.23. The molecule has 6 nitrogen and oxygen atoms in total. The number of amides is 1. The van der Waals surface area contributed by atoms with Gasteiger partial charge in [-0.25, -0.2) is 0 Å². The van der Waals surface area contributed by atoms with Crippen molar-refractivity contribution in [2.24, 2.45) is 7.05 Å². The summed E-state index contributed by atoms with van der Waals surface area (Å²) in [5.41, 5.74) is 1.54. The van der Waals surface area contributed by atoms with Crippen LogP contribution < -0.4 is 5.32 Å². The third-order valence-corrected chi connectivity index (χ3v) is 3.74. The maximum absolute atomic E-state index is 12.2. The third kappa shape index (κ3) is 3.36. The Morgan fingerprint density at radius 1 is 1.55 bits per heavy atom. The molecule has 2 heterocycles. The molecule has 1 aliphatic heterocycles. The third-order valence-electron chi connectivity index (χ3n) is 3.74. The second-order valence-electron chi connectivity index (χ2n) is 5.18. The Kier molecular flexibility index (Phi) is 4.74. The Hall–Kier alpha value is -1.87. The average molecular weight is 275 g/mol. The zero-order valence-electron chi connectivity index (χ0n) is 12.1. The summed E-state index contributed by atoms with van der Waals surface area (Å²) in [7, 11) is 1.80. The Balaban J connectivity index is 1.89. The molecule has 0 aliphatic carbocycles. The maximum Gasteiger partial charge on any atom is 0.269 e. The molecule has 1 aliphatic rings. The summed E-state index contributed by atoms with van der Waals surface area (Å²) >= 11 is 0. The van der Waals surface area contributed by atoms with E-state index in [1.54, 1.807) is 11.7 Å². The van der Waals surface area contributed by atoms with Gasteiger partial charge < -0.3 is 5.32 Å². The van der Waals surface area contributed by atoms with E-state index in [2.05, 4.69) is 21.4 Å². The number of carbonyl (C=O) groups excluding carboxylic acids is 1. The predicted octanol–water partition coefficient (Wildman–Crippen LogP) is 0.700. The van der Waals surface area contributed by atoms with Crippen LogP contribution in [-0.2, 0) is 13.5 Å². The van der Waals surface area contributed by atoms with Crippen molar-refractivity contribution in [3.8, 4) is 6.07 Å². The highest BCUT2D eigenvalue weighted by Gasteiger charge is 2.22. The molecule has 1 aromatic rings. The molecule has 0 bridgehead atoms. The van der Waals surface area contributed by atoms with Crippen LogP contribution in [-0.4, -0.2) is 46.3 Å². The minimum absolute atomic E-state index is 0.0570. The first-order valence-electron chi connectivity index (χ1n) is 7.07. The van der Waals surface area contributed by atoms with Crippen LogP contribution in [0.4, 0.5) is 0 Å². The topological polar surface area (TPSA) is 74.0 Å². The summed E-state index contributed by atoms with van der Waals surface area (Å²) in [6, 6.07) is 4.20. The van der Waals surface area contributed by atoms with Gasteiger partial charge in [0, 0.05) is 26.2 Å². The van der Waals surface area contributed by atoms with Gasteiger partial charge in [0.25, 0.3) is 5.91 Å². The Morgan fingerprint density at radius 3 is 2.80 bits per heavy atom. The first-order valence-corrected chi connectivity index (χ1v) is 7.07. The van der Waals surface area contributed by atoms with Gasteiger partial charge in [0.15, 0.2) is 0 Å². The Bertz CT molecular complexity index is 508. The number of rotatable bonds is 4. The molecule has 108 valence electrons.